The van der Waals surface area contributed by atoms with Crippen molar-refractivity contribution in [1.82, 2.24) is 29.7 Å². The second-order valence-electron chi connectivity index (χ2n) is 6.92. The van der Waals surface area contributed by atoms with Crippen molar-refractivity contribution >= 4 is 22.8 Å². The van der Waals surface area contributed by atoms with Crippen LogP contribution in [0.2, 0.25) is 0 Å². The lowest BCUT2D eigenvalue weighted by molar-refractivity contribution is 0.0940. The molecule has 1 fully saturated rings. The Balaban J connectivity index is 1.43. The first-order valence-electron chi connectivity index (χ1n) is 8.80. The maximum absolute atomic E-state index is 10.3. The van der Waals surface area contributed by atoms with Crippen molar-refractivity contribution in [3.63, 3.8) is 0 Å². The number of rotatable bonds is 5. The van der Waals surface area contributed by atoms with Crippen LogP contribution in [0.1, 0.15) is 36.4 Å². The molecule has 1 unspecified atom stereocenters. The largest absolute Gasteiger partial charge is 0.385 e. The summed E-state index contributed by atoms with van der Waals surface area (Å²) in [5.41, 5.74) is 3.31. The van der Waals surface area contributed by atoms with Crippen LogP contribution in [0.15, 0.2) is 23.0 Å². The van der Waals surface area contributed by atoms with Crippen molar-refractivity contribution in [2.75, 3.05) is 38.6 Å². The van der Waals surface area contributed by atoms with Gasteiger partial charge in [0.25, 0.3) is 0 Å². The fourth-order valence-corrected chi connectivity index (χ4v) is 3.99. The number of likely N-dealkylation sites (tertiary alicyclic amines) is 1. The minimum Gasteiger partial charge on any atom is -0.385 e. The molecule has 0 aliphatic carbocycles. The second-order valence-corrected chi connectivity index (χ2v) is 7.64. The summed E-state index contributed by atoms with van der Waals surface area (Å²) in [5.74, 6) is 2.16. The van der Waals surface area contributed by atoms with Gasteiger partial charge in [-0.25, -0.2) is 4.98 Å². The third-order valence-corrected chi connectivity index (χ3v) is 5.51. The summed E-state index contributed by atoms with van der Waals surface area (Å²) < 4.78 is 1.87. The summed E-state index contributed by atoms with van der Waals surface area (Å²) in [5, 5.41) is 25.5. The SMILES string of the molecule is CN(C)c1ccc2nnc(C3CCN(CC(O)c4cscn4)CC3)n2n1. The van der Waals surface area contributed by atoms with Gasteiger partial charge in [-0.05, 0) is 38.1 Å². The average molecular weight is 373 g/mol. The van der Waals surface area contributed by atoms with E-state index in [9.17, 15) is 5.11 Å². The topological polar surface area (TPSA) is 82.7 Å². The van der Waals surface area contributed by atoms with Gasteiger partial charge in [0.2, 0.25) is 0 Å². The monoisotopic (exact) mass is 373 g/mol. The van der Waals surface area contributed by atoms with Gasteiger partial charge in [0.1, 0.15) is 11.9 Å². The van der Waals surface area contributed by atoms with E-state index >= 15 is 0 Å². The second kappa shape index (κ2) is 7.26. The maximum atomic E-state index is 10.3. The van der Waals surface area contributed by atoms with Gasteiger partial charge in [-0.3, -0.25) is 0 Å². The molecule has 4 rings (SSSR count). The molecule has 138 valence electrons. The van der Waals surface area contributed by atoms with Crippen molar-refractivity contribution in [3.05, 3.63) is 34.5 Å². The number of piperidine rings is 1. The fraction of sp³-hybridized carbons (Fsp3) is 0.529. The number of hydrogen-bond acceptors (Lipinski definition) is 8. The molecule has 4 heterocycles. The zero-order chi connectivity index (χ0) is 18.1. The normalized spacial score (nSPS) is 17.7. The predicted molar refractivity (Wildman–Crippen MR) is 101 cm³/mol. The van der Waals surface area contributed by atoms with Crippen molar-refractivity contribution in [3.8, 4) is 0 Å². The fourth-order valence-electron chi connectivity index (χ4n) is 3.39. The first-order valence-corrected chi connectivity index (χ1v) is 9.74. The molecule has 1 atom stereocenters. The maximum Gasteiger partial charge on any atom is 0.178 e. The molecule has 1 aliphatic rings. The van der Waals surface area contributed by atoms with Gasteiger partial charge in [0, 0.05) is 31.9 Å². The number of β-amino-alcohol motifs (C(OH)–C–C–N with tert-alkyl or cyclic N) is 1. The van der Waals surface area contributed by atoms with E-state index in [0.717, 1.165) is 48.9 Å². The third-order valence-electron chi connectivity index (χ3n) is 4.91. The number of aliphatic hydroxyl groups is 1. The first-order chi connectivity index (χ1) is 12.6. The van der Waals surface area contributed by atoms with Crippen LogP contribution < -0.4 is 4.90 Å². The number of aromatic nitrogens is 5. The van der Waals surface area contributed by atoms with E-state index in [2.05, 4.69) is 25.2 Å². The Bertz CT molecular complexity index is 855. The summed E-state index contributed by atoms with van der Waals surface area (Å²) in [6.07, 6.45) is 1.45. The molecule has 1 aliphatic heterocycles. The van der Waals surface area contributed by atoms with Crippen LogP contribution in [-0.4, -0.2) is 68.5 Å². The zero-order valence-electron chi connectivity index (χ0n) is 15.0. The highest BCUT2D eigenvalue weighted by atomic mass is 32.1. The van der Waals surface area contributed by atoms with Crippen LogP contribution >= 0.6 is 11.3 Å². The van der Waals surface area contributed by atoms with Crippen molar-refractivity contribution in [2.45, 2.75) is 24.9 Å². The molecular weight excluding hydrogens is 350 g/mol. The lowest BCUT2D eigenvalue weighted by Crippen LogP contribution is -2.36. The molecule has 3 aromatic rings. The lowest BCUT2D eigenvalue weighted by atomic mass is 9.96. The van der Waals surface area contributed by atoms with E-state index in [0.29, 0.717) is 12.5 Å². The Morgan fingerprint density at radius 3 is 2.77 bits per heavy atom. The van der Waals surface area contributed by atoms with E-state index in [4.69, 9.17) is 0 Å². The highest BCUT2D eigenvalue weighted by molar-refractivity contribution is 7.07. The van der Waals surface area contributed by atoms with Gasteiger partial charge in [-0.1, -0.05) is 0 Å². The molecule has 26 heavy (non-hydrogen) atoms. The highest BCUT2D eigenvalue weighted by Crippen LogP contribution is 2.28. The standard InChI is InChI=1S/C17H23N7OS/c1-22(2)16-4-3-15-19-20-17(24(15)21-16)12-5-7-23(8-6-12)9-14(25)13-10-26-11-18-13/h3-4,10-12,14,25H,5-9H2,1-2H3. The summed E-state index contributed by atoms with van der Waals surface area (Å²) in [7, 11) is 3.95. The molecule has 8 nitrogen and oxygen atoms in total. The quantitative estimate of drug-likeness (QED) is 0.727. The van der Waals surface area contributed by atoms with Gasteiger partial charge in [-0.2, -0.15) is 4.52 Å². The third kappa shape index (κ3) is 3.42. The molecule has 3 aromatic heterocycles. The van der Waals surface area contributed by atoms with Crippen LogP contribution in [0, 0.1) is 0 Å². The van der Waals surface area contributed by atoms with Crippen molar-refractivity contribution < 1.29 is 5.11 Å². The summed E-state index contributed by atoms with van der Waals surface area (Å²) in [6, 6.07) is 3.91. The first kappa shape index (κ1) is 17.3. The van der Waals surface area contributed by atoms with E-state index in [-0.39, 0.29) is 0 Å². The van der Waals surface area contributed by atoms with Gasteiger partial charge >= 0.3 is 0 Å². The van der Waals surface area contributed by atoms with E-state index in [1.807, 2.05) is 41.0 Å². The minimum atomic E-state index is -0.518. The number of fused-ring (bicyclic) bond motifs is 1. The number of thiazole rings is 1. The molecule has 0 bridgehead atoms. The zero-order valence-corrected chi connectivity index (χ0v) is 15.8. The van der Waals surface area contributed by atoms with Gasteiger partial charge < -0.3 is 14.9 Å². The molecule has 0 radical (unpaired) electrons. The highest BCUT2D eigenvalue weighted by Gasteiger charge is 2.26. The van der Waals surface area contributed by atoms with Gasteiger partial charge in [-0.15, -0.1) is 26.6 Å². The van der Waals surface area contributed by atoms with Crippen molar-refractivity contribution in [2.24, 2.45) is 0 Å². The van der Waals surface area contributed by atoms with Gasteiger partial charge in [0.05, 0.1) is 11.2 Å². The average Bonchev–Trinajstić information content (AvgIpc) is 3.32. The number of aliphatic hydroxyl groups excluding tert-OH is 1. The Hall–Kier alpha value is -2.10. The Morgan fingerprint density at radius 1 is 1.27 bits per heavy atom. The molecular formula is C17H23N7OS. The smallest absolute Gasteiger partial charge is 0.178 e. The molecule has 1 N–H and O–H groups in total. The summed E-state index contributed by atoms with van der Waals surface area (Å²) in [4.78, 5) is 8.47. The number of hydrogen-bond donors (Lipinski definition) is 1. The summed E-state index contributed by atoms with van der Waals surface area (Å²) >= 11 is 1.51. The Morgan fingerprint density at radius 2 is 2.08 bits per heavy atom. The summed E-state index contributed by atoms with van der Waals surface area (Å²) in [6.45, 7) is 2.47. The van der Waals surface area contributed by atoms with E-state index in [1.165, 1.54) is 11.3 Å². The lowest BCUT2D eigenvalue weighted by Gasteiger charge is -2.32. The van der Waals surface area contributed by atoms with Crippen LogP contribution in [0.3, 0.4) is 0 Å². The van der Waals surface area contributed by atoms with E-state index in [1.54, 1.807) is 5.51 Å². The predicted octanol–water partition coefficient (Wildman–Crippen LogP) is 1.56. The molecule has 9 heteroatoms. The Labute approximate surface area is 156 Å². The van der Waals surface area contributed by atoms with Crippen LogP contribution in [-0.2, 0) is 0 Å². The Kier molecular flexibility index (Phi) is 4.84. The van der Waals surface area contributed by atoms with Gasteiger partial charge in [0.15, 0.2) is 11.5 Å². The number of nitrogens with zero attached hydrogens (tertiary/aromatic N) is 7. The van der Waals surface area contributed by atoms with Crippen molar-refractivity contribution in [1.29, 1.82) is 0 Å². The molecule has 0 aromatic carbocycles. The molecule has 0 saturated carbocycles. The molecule has 1 saturated heterocycles. The number of anilines is 1. The van der Waals surface area contributed by atoms with E-state index < -0.39 is 6.10 Å². The van der Waals surface area contributed by atoms with Crippen LogP contribution in [0.25, 0.3) is 5.65 Å². The van der Waals surface area contributed by atoms with Crippen LogP contribution in [0.4, 0.5) is 5.82 Å². The minimum absolute atomic E-state index is 0.336. The molecule has 0 amide bonds. The van der Waals surface area contributed by atoms with Crippen LogP contribution in [0.5, 0.6) is 0 Å². The molecule has 0 spiro atoms.